The minimum Gasteiger partial charge on any atom is -0.453 e. The highest BCUT2D eigenvalue weighted by atomic mass is 35.5. The maximum absolute atomic E-state index is 13.8. The fourth-order valence-electron chi connectivity index (χ4n) is 1.63. The highest BCUT2D eigenvalue weighted by Gasteiger charge is 2.16. The predicted molar refractivity (Wildman–Crippen MR) is 73.6 cm³/mol. The number of rotatable bonds is 4. The first-order chi connectivity index (χ1) is 9.06. The molecule has 1 aromatic heterocycles. The van der Waals surface area contributed by atoms with Crippen LogP contribution in [0.25, 0.3) is 16.4 Å². The topological polar surface area (TPSA) is 42.6 Å². The van der Waals surface area contributed by atoms with Crippen LogP contribution in [0, 0.1) is 5.82 Å². The molecule has 0 aliphatic carbocycles. The minimum absolute atomic E-state index is 0.151. The number of hydrogen-bond acceptors (Lipinski definition) is 3. The molecule has 19 heavy (non-hydrogen) atoms. The summed E-state index contributed by atoms with van der Waals surface area (Å²) in [5, 5.41) is 0.151. The van der Waals surface area contributed by atoms with Crippen LogP contribution in [0.5, 0.6) is 0 Å². The second kappa shape index (κ2) is 5.20. The van der Waals surface area contributed by atoms with E-state index in [0.717, 1.165) is 6.07 Å². The van der Waals surface area contributed by atoms with E-state index in [2.05, 4.69) is 18.3 Å². The third kappa shape index (κ3) is 2.48. The van der Waals surface area contributed by atoms with Crippen LogP contribution in [0.3, 0.4) is 0 Å². The van der Waals surface area contributed by atoms with Crippen molar-refractivity contribution in [3.63, 3.8) is 0 Å². The van der Waals surface area contributed by atoms with E-state index in [1.807, 2.05) is 0 Å². The van der Waals surface area contributed by atoms with E-state index < -0.39 is 5.82 Å². The summed E-state index contributed by atoms with van der Waals surface area (Å²) in [6, 6.07) is 5.58. The van der Waals surface area contributed by atoms with Crippen molar-refractivity contribution in [2.24, 2.45) is 4.99 Å². The Kier molecular flexibility index (Phi) is 3.62. The number of nitrogens with zero attached hydrogens (tertiary/aromatic N) is 1. The van der Waals surface area contributed by atoms with E-state index in [4.69, 9.17) is 16.0 Å². The van der Waals surface area contributed by atoms with Crippen molar-refractivity contribution in [3.8, 4) is 11.3 Å². The molecule has 0 radical (unpaired) electrons. The number of furan rings is 1. The predicted octanol–water partition coefficient (Wildman–Crippen LogP) is 4.44. The standard InChI is InChI=1S/C14H9ClFNO2/c1-8(15)14-12(17-2)6-13(19-14)10-4-3-9(7-18)5-11(10)16/h3-7H,1-2H2. The Hall–Kier alpha value is -2.20. The van der Waals surface area contributed by atoms with Crippen LogP contribution in [0.15, 0.2) is 40.3 Å². The summed E-state index contributed by atoms with van der Waals surface area (Å²) in [6.07, 6.45) is 0.567. The van der Waals surface area contributed by atoms with Crippen molar-refractivity contribution in [2.45, 2.75) is 0 Å². The number of halogens is 2. The lowest BCUT2D eigenvalue weighted by atomic mass is 10.1. The van der Waals surface area contributed by atoms with Crippen LogP contribution in [0.1, 0.15) is 16.1 Å². The lowest BCUT2D eigenvalue weighted by Crippen LogP contribution is -1.86. The van der Waals surface area contributed by atoms with Gasteiger partial charge in [-0.3, -0.25) is 9.79 Å². The average molecular weight is 278 g/mol. The van der Waals surface area contributed by atoms with Crippen LogP contribution < -0.4 is 0 Å². The first-order valence-corrected chi connectivity index (χ1v) is 5.65. The summed E-state index contributed by atoms with van der Waals surface area (Å²) < 4.78 is 19.3. The summed E-state index contributed by atoms with van der Waals surface area (Å²) in [5.74, 6) is -0.0830. The fraction of sp³-hybridized carbons (Fsp3) is 0. The Morgan fingerprint density at radius 2 is 2.16 bits per heavy atom. The lowest BCUT2D eigenvalue weighted by molar-refractivity contribution is 0.112. The molecule has 0 unspecified atom stereocenters. The summed E-state index contributed by atoms with van der Waals surface area (Å²) in [5.41, 5.74) is 0.838. The number of benzene rings is 1. The molecule has 0 saturated heterocycles. The Morgan fingerprint density at radius 3 is 2.63 bits per heavy atom. The Morgan fingerprint density at radius 1 is 1.42 bits per heavy atom. The molecule has 0 spiro atoms. The molecule has 0 atom stereocenters. The van der Waals surface area contributed by atoms with Gasteiger partial charge in [-0.25, -0.2) is 4.39 Å². The normalized spacial score (nSPS) is 10.2. The van der Waals surface area contributed by atoms with Gasteiger partial charge in [0.2, 0.25) is 0 Å². The maximum Gasteiger partial charge on any atom is 0.171 e. The molecule has 0 aliphatic heterocycles. The smallest absolute Gasteiger partial charge is 0.171 e. The van der Waals surface area contributed by atoms with Gasteiger partial charge in [0.25, 0.3) is 0 Å². The molecule has 0 fully saturated rings. The zero-order valence-electron chi connectivity index (χ0n) is 9.82. The SMILES string of the molecule is C=Nc1cc(-c2ccc(C=O)cc2F)oc1C(=C)Cl. The minimum atomic E-state index is -0.569. The third-order valence-electron chi connectivity index (χ3n) is 2.52. The molecule has 0 amide bonds. The highest BCUT2D eigenvalue weighted by Crippen LogP contribution is 2.36. The molecule has 2 rings (SSSR count). The number of carbonyl (C=O) groups is 1. The highest BCUT2D eigenvalue weighted by molar-refractivity contribution is 6.48. The fourth-order valence-corrected chi connectivity index (χ4v) is 1.77. The van der Waals surface area contributed by atoms with Crippen molar-refractivity contribution in [1.82, 2.24) is 0 Å². The van der Waals surface area contributed by atoms with Crippen LogP contribution >= 0.6 is 11.6 Å². The quantitative estimate of drug-likeness (QED) is 0.612. The lowest BCUT2D eigenvalue weighted by Gasteiger charge is -2.00. The van der Waals surface area contributed by atoms with Crippen LogP contribution in [-0.2, 0) is 0 Å². The Bertz CT molecular complexity index is 676. The number of aldehydes is 1. The number of hydrogen-bond donors (Lipinski definition) is 0. The first kappa shape index (κ1) is 13.2. The monoisotopic (exact) mass is 277 g/mol. The molecule has 1 aromatic carbocycles. The molecule has 5 heteroatoms. The van der Waals surface area contributed by atoms with Crippen molar-refractivity contribution in [2.75, 3.05) is 0 Å². The van der Waals surface area contributed by atoms with Gasteiger partial charge in [-0.05, 0) is 18.9 Å². The summed E-state index contributed by atoms with van der Waals surface area (Å²) in [4.78, 5) is 14.3. The molecule has 0 aliphatic rings. The first-order valence-electron chi connectivity index (χ1n) is 5.27. The van der Waals surface area contributed by atoms with E-state index in [-0.39, 0.29) is 27.7 Å². The number of carbonyl (C=O) groups excluding carboxylic acids is 1. The van der Waals surface area contributed by atoms with Crippen molar-refractivity contribution < 1.29 is 13.6 Å². The molecule has 1 heterocycles. The Balaban J connectivity index is 2.56. The molecule has 0 saturated carbocycles. The number of aliphatic imine (C=N–C) groups is 1. The molecule has 96 valence electrons. The molecule has 2 aromatic rings. The van der Waals surface area contributed by atoms with Gasteiger partial charge in [-0.2, -0.15) is 0 Å². The van der Waals surface area contributed by atoms with Crippen molar-refractivity contribution >= 4 is 35.3 Å². The molecular weight excluding hydrogens is 269 g/mol. The largest absolute Gasteiger partial charge is 0.453 e. The van der Waals surface area contributed by atoms with E-state index in [9.17, 15) is 9.18 Å². The van der Waals surface area contributed by atoms with Gasteiger partial charge < -0.3 is 4.42 Å². The average Bonchev–Trinajstić information content (AvgIpc) is 2.82. The van der Waals surface area contributed by atoms with Crippen molar-refractivity contribution in [3.05, 3.63) is 48.0 Å². The zero-order valence-corrected chi connectivity index (χ0v) is 10.6. The van der Waals surface area contributed by atoms with Gasteiger partial charge in [-0.1, -0.05) is 24.2 Å². The zero-order chi connectivity index (χ0) is 14.0. The van der Waals surface area contributed by atoms with Gasteiger partial charge in [0.1, 0.15) is 23.6 Å². The Labute approximate surface area is 114 Å². The van der Waals surface area contributed by atoms with Crippen LogP contribution in [0.4, 0.5) is 10.1 Å². The van der Waals surface area contributed by atoms with E-state index in [1.165, 1.54) is 18.2 Å². The second-order valence-corrected chi connectivity index (χ2v) is 4.20. The molecule has 3 nitrogen and oxygen atoms in total. The molecule has 0 N–H and O–H groups in total. The second-order valence-electron chi connectivity index (χ2n) is 3.75. The van der Waals surface area contributed by atoms with Crippen LogP contribution in [0.2, 0.25) is 0 Å². The van der Waals surface area contributed by atoms with Crippen LogP contribution in [-0.4, -0.2) is 13.0 Å². The van der Waals surface area contributed by atoms with Gasteiger partial charge >= 0.3 is 0 Å². The molecular formula is C14H9ClFNO2. The van der Waals surface area contributed by atoms with Gasteiger partial charge in [0.05, 0.1) is 10.6 Å². The van der Waals surface area contributed by atoms with Crippen molar-refractivity contribution in [1.29, 1.82) is 0 Å². The summed E-state index contributed by atoms with van der Waals surface area (Å²) >= 11 is 5.76. The molecule has 0 bridgehead atoms. The van der Waals surface area contributed by atoms with Gasteiger partial charge in [0.15, 0.2) is 5.76 Å². The van der Waals surface area contributed by atoms with E-state index >= 15 is 0 Å². The summed E-state index contributed by atoms with van der Waals surface area (Å²) in [7, 11) is 0. The maximum atomic E-state index is 13.8. The van der Waals surface area contributed by atoms with Gasteiger partial charge in [-0.15, -0.1) is 0 Å². The summed E-state index contributed by atoms with van der Waals surface area (Å²) in [6.45, 7) is 6.92. The van der Waals surface area contributed by atoms with E-state index in [0.29, 0.717) is 12.0 Å². The van der Waals surface area contributed by atoms with E-state index in [1.54, 1.807) is 0 Å². The van der Waals surface area contributed by atoms with Gasteiger partial charge in [0, 0.05) is 11.6 Å². The third-order valence-corrected chi connectivity index (χ3v) is 2.70.